The predicted molar refractivity (Wildman–Crippen MR) is 142 cm³/mol. The number of hydrogen-bond donors (Lipinski definition) is 1. The number of carboxylic acids is 1. The number of ether oxygens (including phenoxy) is 2. The molecule has 10 heteroatoms. The van der Waals surface area contributed by atoms with Crippen molar-refractivity contribution in [3.05, 3.63) is 59.2 Å². The predicted octanol–water partition coefficient (Wildman–Crippen LogP) is 7.00. The van der Waals surface area contributed by atoms with Gasteiger partial charge in [-0.05, 0) is 57.9 Å². The number of alkyl halides is 2. The van der Waals surface area contributed by atoms with E-state index in [9.17, 15) is 18.7 Å². The number of carboxylic acid groups (broad SMARTS) is 1. The van der Waals surface area contributed by atoms with Crippen molar-refractivity contribution in [1.29, 1.82) is 0 Å². The molecule has 1 N–H and O–H groups in total. The van der Waals surface area contributed by atoms with Gasteiger partial charge >= 0.3 is 5.97 Å². The zero-order chi connectivity index (χ0) is 27.9. The van der Waals surface area contributed by atoms with E-state index in [-0.39, 0.29) is 38.0 Å². The number of nitrogens with zero attached hydrogens (tertiary/aromatic N) is 3. The minimum Gasteiger partial charge on any atom is -0.492 e. The third kappa shape index (κ3) is 4.86. The number of pyridine rings is 1. The molecule has 0 fully saturated rings. The van der Waals surface area contributed by atoms with Crippen molar-refractivity contribution in [2.24, 2.45) is 0 Å². The molecule has 0 aliphatic heterocycles. The quantitative estimate of drug-likeness (QED) is 0.258. The first-order valence-corrected chi connectivity index (χ1v) is 12.8. The Labute approximate surface area is 223 Å². The van der Waals surface area contributed by atoms with Crippen LogP contribution in [0.25, 0.3) is 33.4 Å². The van der Waals surface area contributed by atoms with E-state index in [1.54, 1.807) is 26.1 Å². The van der Waals surface area contributed by atoms with Crippen molar-refractivity contribution in [1.82, 2.24) is 14.7 Å². The molecule has 0 radical (unpaired) electrons. The van der Waals surface area contributed by atoms with Gasteiger partial charge in [0.15, 0.2) is 0 Å². The lowest BCUT2D eigenvalue weighted by Crippen LogP contribution is -2.18. The lowest BCUT2D eigenvalue weighted by atomic mass is 9.92. The number of benzene rings is 1. The van der Waals surface area contributed by atoms with Crippen molar-refractivity contribution < 1.29 is 32.7 Å². The smallest absolute Gasteiger partial charge is 0.335 e. The van der Waals surface area contributed by atoms with Crippen LogP contribution in [0.4, 0.5) is 8.78 Å². The molecule has 0 bridgehead atoms. The van der Waals surface area contributed by atoms with Gasteiger partial charge in [0.05, 0.1) is 35.5 Å². The fourth-order valence-electron chi connectivity index (χ4n) is 5.07. The van der Waals surface area contributed by atoms with E-state index >= 15 is 0 Å². The lowest BCUT2D eigenvalue weighted by molar-refractivity contribution is -0.00603. The maximum absolute atomic E-state index is 14.0. The molecule has 1 aliphatic rings. The Kier molecular flexibility index (Phi) is 6.88. The van der Waals surface area contributed by atoms with Crippen molar-refractivity contribution in [2.45, 2.75) is 52.9 Å². The fourth-order valence-corrected chi connectivity index (χ4v) is 5.07. The number of halogens is 2. The molecule has 0 saturated carbocycles. The largest absolute Gasteiger partial charge is 0.492 e. The number of hydrogen-bond acceptors (Lipinski definition) is 6. The number of aromatic carboxylic acids is 1. The van der Waals surface area contributed by atoms with Gasteiger partial charge in [0, 0.05) is 41.9 Å². The molecule has 4 aromatic rings. The van der Waals surface area contributed by atoms with Crippen LogP contribution in [0.15, 0.2) is 41.2 Å². The van der Waals surface area contributed by atoms with Crippen LogP contribution in [-0.2, 0) is 0 Å². The first-order chi connectivity index (χ1) is 18.6. The number of fused-ring (bicyclic) bond motifs is 1. The van der Waals surface area contributed by atoms with Crippen LogP contribution in [0.5, 0.6) is 11.5 Å². The molecule has 0 atom stereocenters. The third-order valence-corrected chi connectivity index (χ3v) is 6.84. The highest BCUT2D eigenvalue weighted by atomic mass is 19.3. The first-order valence-electron chi connectivity index (χ1n) is 12.8. The average molecular weight is 538 g/mol. The normalized spacial score (nSPS) is 14.9. The summed E-state index contributed by atoms with van der Waals surface area (Å²) in [7, 11) is 0. The van der Waals surface area contributed by atoms with E-state index < -0.39 is 11.9 Å². The first kappa shape index (κ1) is 26.4. The van der Waals surface area contributed by atoms with Gasteiger partial charge in [-0.25, -0.2) is 13.6 Å². The van der Waals surface area contributed by atoms with Gasteiger partial charge in [-0.1, -0.05) is 11.2 Å². The molecule has 3 heterocycles. The maximum Gasteiger partial charge on any atom is 0.335 e. The van der Waals surface area contributed by atoms with Gasteiger partial charge < -0.3 is 23.7 Å². The zero-order valence-electron chi connectivity index (χ0n) is 22.2. The highest BCUT2D eigenvalue weighted by Crippen LogP contribution is 2.43. The van der Waals surface area contributed by atoms with Crippen LogP contribution in [-0.4, -0.2) is 44.9 Å². The van der Waals surface area contributed by atoms with Gasteiger partial charge in [-0.15, -0.1) is 0 Å². The summed E-state index contributed by atoms with van der Waals surface area (Å²) in [6.45, 7) is 7.86. The molecule has 1 aliphatic carbocycles. The second-order valence-corrected chi connectivity index (χ2v) is 9.49. The SMILES string of the molecule is CCOc1cc(C(=O)O)cc(OCC)c1-n1cc(C2=CCC(F)(F)CC2)c2ncc(-c3c(C)noc3C)cc21. The van der Waals surface area contributed by atoms with Gasteiger partial charge in [-0.3, -0.25) is 4.98 Å². The number of rotatable bonds is 8. The third-order valence-electron chi connectivity index (χ3n) is 6.84. The molecule has 8 nitrogen and oxygen atoms in total. The average Bonchev–Trinajstić information content (AvgIpc) is 3.43. The second-order valence-electron chi connectivity index (χ2n) is 9.49. The molecule has 1 aromatic carbocycles. The highest BCUT2D eigenvalue weighted by molar-refractivity contribution is 5.95. The molecule has 0 unspecified atom stereocenters. The van der Waals surface area contributed by atoms with Gasteiger partial charge in [0.25, 0.3) is 5.92 Å². The molecule has 5 rings (SSSR count). The minimum atomic E-state index is -2.73. The van der Waals surface area contributed by atoms with Crippen LogP contribution in [0.3, 0.4) is 0 Å². The maximum atomic E-state index is 14.0. The summed E-state index contributed by atoms with van der Waals surface area (Å²) < 4.78 is 47.0. The topological polar surface area (TPSA) is 99.6 Å². The van der Waals surface area contributed by atoms with E-state index in [4.69, 9.17) is 19.0 Å². The number of carbonyl (C=O) groups is 1. The highest BCUT2D eigenvalue weighted by Gasteiger charge is 2.32. The van der Waals surface area contributed by atoms with Crippen LogP contribution in [0, 0.1) is 13.8 Å². The van der Waals surface area contributed by atoms with Crippen LogP contribution in [0.2, 0.25) is 0 Å². The van der Waals surface area contributed by atoms with Crippen LogP contribution >= 0.6 is 0 Å². The molecule has 39 heavy (non-hydrogen) atoms. The minimum absolute atomic E-state index is 0.0223. The van der Waals surface area contributed by atoms with Crippen molar-refractivity contribution in [3.63, 3.8) is 0 Å². The van der Waals surface area contributed by atoms with Crippen LogP contribution in [0.1, 0.15) is 60.5 Å². The Morgan fingerprint density at radius 2 is 1.85 bits per heavy atom. The molecule has 204 valence electrons. The van der Waals surface area contributed by atoms with E-state index in [2.05, 4.69) is 5.16 Å². The molecule has 0 amide bonds. The van der Waals surface area contributed by atoms with E-state index in [1.165, 1.54) is 12.1 Å². The molecular formula is C29H29F2N3O5. The van der Waals surface area contributed by atoms with E-state index in [0.29, 0.717) is 39.7 Å². The summed E-state index contributed by atoms with van der Waals surface area (Å²) in [4.78, 5) is 16.6. The van der Waals surface area contributed by atoms with Gasteiger partial charge in [-0.2, -0.15) is 0 Å². The molecule has 3 aromatic heterocycles. The lowest BCUT2D eigenvalue weighted by Gasteiger charge is -2.21. The van der Waals surface area contributed by atoms with E-state index in [1.807, 2.05) is 30.7 Å². The van der Waals surface area contributed by atoms with Crippen molar-refractivity contribution >= 4 is 22.6 Å². The van der Waals surface area contributed by atoms with Crippen molar-refractivity contribution in [2.75, 3.05) is 13.2 Å². The second kappa shape index (κ2) is 10.2. The Bertz CT molecular complexity index is 1560. The van der Waals surface area contributed by atoms with Gasteiger partial charge in [0.2, 0.25) is 0 Å². The zero-order valence-corrected chi connectivity index (χ0v) is 22.2. The Balaban J connectivity index is 1.82. The monoisotopic (exact) mass is 537 g/mol. The number of aryl methyl sites for hydroxylation is 2. The number of aromatic nitrogens is 3. The Morgan fingerprint density at radius 3 is 2.38 bits per heavy atom. The molecular weight excluding hydrogens is 508 g/mol. The summed E-state index contributed by atoms with van der Waals surface area (Å²) in [5.74, 6) is -2.58. The van der Waals surface area contributed by atoms with Crippen LogP contribution < -0.4 is 9.47 Å². The Hall–Kier alpha value is -4.21. The summed E-state index contributed by atoms with van der Waals surface area (Å²) >= 11 is 0. The van der Waals surface area contributed by atoms with Crippen molar-refractivity contribution in [3.8, 4) is 28.3 Å². The molecule has 0 saturated heterocycles. The summed E-state index contributed by atoms with van der Waals surface area (Å²) in [5.41, 5.74) is 5.60. The molecule has 0 spiro atoms. The summed E-state index contributed by atoms with van der Waals surface area (Å²) in [5, 5.41) is 13.8. The Morgan fingerprint density at radius 1 is 1.15 bits per heavy atom. The summed E-state index contributed by atoms with van der Waals surface area (Å²) in [6, 6.07) is 4.86. The number of allylic oxidation sites excluding steroid dienone is 2. The fraction of sp³-hybridized carbons (Fsp3) is 0.345. The van der Waals surface area contributed by atoms with Gasteiger partial charge in [0.1, 0.15) is 22.9 Å². The van der Waals surface area contributed by atoms with E-state index in [0.717, 1.165) is 22.3 Å². The summed E-state index contributed by atoms with van der Waals surface area (Å²) in [6.07, 6.45) is 4.76. The standard InChI is InChI=1S/C29H29F2N3O5/c1-5-37-23-12-19(28(35)36)13-24(38-6-2)27(23)34-15-21(18-7-9-29(30,31)10-8-18)26-22(34)11-20(14-32-26)25-16(3)33-39-17(25)4/h7,11-15H,5-6,8-10H2,1-4H3,(H,35,36).